The first-order valence-corrected chi connectivity index (χ1v) is 6.93. The van der Waals surface area contributed by atoms with Crippen LogP contribution in [0, 0.1) is 0 Å². The Kier molecular flexibility index (Phi) is 4.52. The fourth-order valence-corrected chi connectivity index (χ4v) is 1.88. The summed E-state index contributed by atoms with van der Waals surface area (Å²) in [7, 11) is 0. The van der Waals surface area contributed by atoms with Gasteiger partial charge in [0.2, 0.25) is 5.91 Å². The molecule has 10 heteroatoms. The Balaban J connectivity index is 1.44. The molecule has 0 saturated carbocycles. The average molecular weight is 314 g/mol. The normalized spacial score (nSPS) is 10.4. The molecule has 1 amide bonds. The van der Waals surface area contributed by atoms with Crippen molar-refractivity contribution in [2.75, 3.05) is 5.32 Å². The van der Waals surface area contributed by atoms with Crippen LogP contribution in [0.2, 0.25) is 0 Å². The number of hydrogen-bond donors (Lipinski definition) is 2. The van der Waals surface area contributed by atoms with Crippen LogP contribution in [0.1, 0.15) is 12.8 Å². The second-order valence-electron chi connectivity index (χ2n) is 4.63. The van der Waals surface area contributed by atoms with Gasteiger partial charge >= 0.3 is 6.01 Å². The monoisotopic (exact) mass is 314 g/mol. The van der Waals surface area contributed by atoms with Crippen LogP contribution in [0.5, 0.6) is 11.8 Å². The molecule has 0 fully saturated rings. The molecule has 0 saturated heterocycles. The first-order chi connectivity index (χ1) is 11.3. The number of nitrogens with one attached hydrogen (secondary N) is 2. The maximum Gasteiger partial charge on any atom is 0.361 e. The molecule has 10 nitrogen and oxygen atoms in total. The number of aromatic amines is 1. The van der Waals surface area contributed by atoms with Crippen molar-refractivity contribution in [1.29, 1.82) is 0 Å². The molecule has 0 aliphatic rings. The van der Waals surface area contributed by atoms with Crippen LogP contribution in [0.4, 0.5) is 5.69 Å². The van der Waals surface area contributed by atoms with E-state index >= 15 is 0 Å². The van der Waals surface area contributed by atoms with E-state index in [1.807, 2.05) is 0 Å². The number of nitrogens with zero attached hydrogens (tertiary/aromatic N) is 6. The number of aromatic nitrogens is 7. The number of carbonyl (C=O) groups is 1. The average Bonchev–Trinajstić information content (AvgIpc) is 3.23. The minimum atomic E-state index is -0.0584. The number of benzene rings is 1. The van der Waals surface area contributed by atoms with Gasteiger partial charge in [-0.3, -0.25) is 9.48 Å². The summed E-state index contributed by atoms with van der Waals surface area (Å²) in [4.78, 5) is 15.7. The van der Waals surface area contributed by atoms with Crippen LogP contribution in [-0.4, -0.2) is 41.3 Å². The van der Waals surface area contributed by atoms with Crippen molar-refractivity contribution in [2.24, 2.45) is 0 Å². The van der Waals surface area contributed by atoms with E-state index < -0.39 is 0 Å². The molecule has 118 valence electrons. The van der Waals surface area contributed by atoms with E-state index in [1.165, 1.54) is 6.33 Å². The van der Waals surface area contributed by atoms with E-state index in [0.717, 1.165) is 0 Å². The maximum atomic E-state index is 11.9. The molecule has 2 heterocycles. The summed E-state index contributed by atoms with van der Waals surface area (Å²) in [6.45, 7) is 0.658. The van der Waals surface area contributed by atoms with E-state index in [9.17, 15) is 4.79 Å². The van der Waals surface area contributed by atoms with Crippen molar-refractivity contribution in [3.8, 4) is 11.8 Å². The summed E-state index contributed by atoms with van der Waals surface area (Å²) < 4.78 is 7.03. The Morgan fingerprint density at radius 3 is 2.87 bits per heavy atom. The highest BCUT2D eigenvalue weighted by atomic mass is 16.5. The van der Waals surface area contributed by atoms with E-state index in [2.05, 4.69) is 36.0 Å². The van der Waals surface area contributed by atoms with Crippen LogP contribution in [-0.2, 0) is 11.3 Å². The number of amides is 1. The Labute approximate surface area is 130 Å². The van der Waals surface area contributed by atoms with Gasteiger partial charge in [-0.2, -0.15) is 10.3 Å². The molecular formula is C13H14N8O2. The van der Waals surface area contributed by atoms with Gasteiger partial charge in [-0.15, -0.1) is 0 Å². The second-order valence-corrected chi connectivity index (χ2v) is 4.63. The first kappa shape index (κ1) is 14.6. The summed E-state index contributed by atoms with van der Waals surface area (Å²) in [5, 5.41) is 19.9. The predicted molar refractivity (Wildman–Crippen MR) is 78.6 cm³/mol. The molecule has 0 aliphatic heterocycles. The van der Waals surface area contributed by atoms with Gasteiger partial charge in [-0.05, 0) is 35.9 Å². The minimum Gasteiger partial charge on any atom is -0.422 e. The van der Waals surface area contributed by atoms with Crippen molar-refractivity contribution in [1.82, 2.24) is 35.4 Å². The third kappa shape index (κ3) is 4.33. The number of H-pyrrole nitrogens is 1. The molecule has 2 aromatic heterocycles. The standard InChI is InChI=1S/C13H14N8O2/c22-12(2-1-7-21-9-14-8-15-21)16-10-3-5-11(6-4-10)23-13-17-19-20-18-13/h3-6,8-9H,1-2,7H2,(H,16,22)(H,17,18,19,20). The van der Waals surface area contributed by atoms with Gasteiger partial charge in [0.1, 0.15) is 18.4 Å². The Bertz CT molecular complexity index is 724. The van der Waals surface area contributed by atoms with Gasteiger partial charge in [0.25, 0.3) is 0 Å². The molecular weight excluding hydrogens is 300 g/mol. The highest BCUT2D eigenvalue weighted by Gasteiger charge is 2.05. The van der Waals surface area contributed by atoms with Crippen LogP contribution >= 0.6 is 0 Å². The number of aryl methyl sites for hydroxylation is 1. The molecule has 2 N–H and O–H groups in total. The van der Waals surface area contributed by atoms with Crippen LogP contribution in [0.15, 0.2) is 36.9 Å². The van der Waals surface area contributed by atoms with Crippen LogP contribution in [0.3, 0.4) is 0 Å². The van der Waals surface area contributed by atoms with Crippen molar-refractivity contribution >= 4 is 11.6 Å². The number of carbonyl (C=O) groups excluding carboxylic acids is 1. The number of anilines is 1. The van der Waals surface area contributed by atoms with Gasteiger partial charge in [0.15, 0.2) is 0 Å². The fourth-order valence-electron chi connectivity index (χ4n) is 1.88. The molecule has 0 radical (unpaired) electrons. The topological polar surface area (TPSA) is 124 Å². The zero-order valence-corrected chi connectivity index (χ0v) is 12.1. The summed E-state index contributed by atoms with van der Waals surface area (Å²) >= 11 is 0. The minimum absolute atomic E-state index is 0.0584. The van der Waals surface area contributed by atoms with Crippen molar-refractivity contribution < 1.29 is 9.53 Å². The van der Waals surface area contributed by atoms with E-state index in [-0.39, 0.29) is 11.9 Å². The van der Waals surface area contributed by atoms with E-state index in [4.69, 9.17) is 4.74 Å². The Hall–Kier alpha value is -3.30. The number of tetrazole rings is 1. The smallest absolute Gasteiger partial charge is 0.361 e. The molecule has 0 aliphatic carbocycles. The van der Waals surface area contributed by atoms with Crippen molar-refractivity contribution in [3.05, 3.63) is 36.9 Å². The molecule has 0 unspecified atom stereocenters. The second kappa shape index (κ2) is 7.11. The predicted octanol–water partition coefficient (Wildman–Crippen LogP) is 1.00. The van der Waals surface area contributed by atoms with Gasteiger partial charge in [0, 0.05) is 18.7 Å². The molecule has 0 spiro atoms. The zero-order chi connectivity index (χ0) is 15.9. The zero-order valence-electron chi connectivity index (χ0n) is 12.1. The summed E-state index contributed by atoms with van der Waals surface area (Å²) in [5.74, 6) is 0.493. The highest BCUT2D eigenvalue weighted by Crippen LogP contribution is 2.19. The SMILES string of the molecule is O=C(CCCn1cncn1)Nc1ccc(Oc2nn[nH]n2)cc1. The van der Waals surface area contributed by atoms with Gasteiger partial charge in [0.05, 0.1) is 0 Å². The largest absolute Gasteiger partial charge is 0.422 e. The summed E-state index contributed by atoms with van der Waals surface area (Å²) in [5.41, 5.74) is 0.691. The molecule has 23 heavy (non-hydrogen) atoms. The number of ether oxygens (including phenoxy) is 1. The van der Waals surface area contributed by atoms with Crippen LogP contribution in [0.25, 0.3) is 0 Å². The van der Waals surface area contributed by atoms with Crippen LogP contribution < -0.4 is 10.1 Å². The van der Waals surface area contributed by atoms with Crippen molar-refractivity contribution in [3.63, 3.8) is 0 Å². The molecule has 1 aromatic carbocycles. The first-order valence-electron chi connectivity index (χ1n) is 6.93. The lowest BCUT2D eigenvalue weighted by molar-refractivity contribution is -0.116. The molecule has 0 bridgehead atoms. The number of rotatable bonds is 7. The lowest BCUT2D eigenvalue weighted by atomic mass is 10.2. The van der Waals surface area contributed by atoms with E-state index in [0.29, 0.717) is 30.8 Å². The molecule has 3 aromatic rings. The Morgan fingerprint density at radius 2 is 2.17 bits per heavy atom. The highest BCUT2D eigenvalue weighted by molar-refractivity contribution is 5.90. The molecule has 0 atom stereocenters. The summed E-state index contributed by atoms with van der Waals surface area (Å²) in [6, 6.07) is 7.04. The Morgan fingerprint density at radius 1 is 1.30 bits per heavy atom. The third-order valence-electron chi connectivity index (χ3n) is 2.93. The van der Waals surface area contributed by atoms with Gasteiger partial charge in [-0.1, -0.05) is 10.2 Å². The van der Waals surface area contributed by atoms with Gasteiger partial charge in [-0.25, -0.2) is 4.98 Å². The lowest BCUT2D eigenvalue weighted by Gasteiger charge is -2.06. The third-order valence-corrected chi connectivity index (χ3v) is 2.93. The number of hydrogen-bond acceptors (Lipinski definition) is 7. The quantitative estimate of drug-likeness (QED) is 0.666. The van der Waals surface area contributed by atoms with Gasteiger partial charge < -0.3 is 10.1 Å². The summed E-state index contributed by atoms with van der Waals surface area (Å²) in [6.07, 6.45) is 4.19. The fraction of sp³-hybridized carbons (Fsp3) is 0.231. The van der Waals surface area contributed by atoms with Crippen molar-refractivity contribution in [2.45, 2.75) is 19.4 Å². The maximum absolute atomic E-state index is 11.9. The molecule has 3 rings (SSSR count). The van der Waals surface area contributed by atoms with E-state index in [1.54, 1.807) is 35.3 Å². The lowest BCUT2D eigenvalue weighted by Crippen LogP contribution is -2.12.